The van der Waals surface area contributed by atoms with Gasteiger partial charge in [-0.05, 0) is 18.9 Å². The first-order valence-corrected chi connectivity index (χ1v) is 9.09. The fourth-order valence-electron chi connectivity index (χ4n) is 3.30. The number of rotatable bonds is 6. The number of hydrogen-bond donors (Lipinski definition) is 1. The number of nitrogens with zero attached hydrogens (tertiary/aromatic N) is 7. The fraction of sp³-hybridized carbons (Fsp3) is 0.647. The number of likely N-dealkylation sites (tertiary alicyclic amines) is 1. The van der Waals surface area contributed by atoms with Gasteiger partial charge in [-0.25, -0.2) is 0 Å². The Bertz CT molecular complexity index is 701. The van der Waals surface area contributed by atoms with Gasteiger partial charge in [-0.1, -0.05) is 6.92 Å². The van der Waals surface area contributed by atoms with Crippen molar-refractivity contribution >= 4 is 5.96 Å². The van der Waals surface area contributed by atoms with Crippen LogP contribution in [0.2, 0.25) is 0 Å². The SMILES string of the molecule is CCNC(=NCCn1cnnc1CC)N1CCC(c2cnn(C)c2)C1. The molecule has 3 heterocycles. The highest BCUT2D eigenvalue weighted by Crippen LogP contribution is 2.26. The predicted molar refractivity (Wildman–Crippen MR) is 97.5 cm³/mol. The van der Waals surface area contributed by atoms with Crippen molar-refractivity contribution in [2.75, 3.05) is 26.2 Å². The maximum Gasteiger partial charge on any atom is 0.193 e. The summed E-state index contributed by atoms with van der Waals surface area (Å²) < 4.78 is 3.96. The van der Waals surface area contributed by atoms with Crippen molar-refractivity contribution in [2.24, 2.45) is 12.0 Å². The van der Waals surface area contributed by atoms with Crippen LogP contribution in [0, 0.1) is 0 Å². The summed E-state index contributed by atoms with van der Waals surface area (Å²) in [6, 6.07) is 0. The Balaban J connectivity index is 1.60. The highest BCUT2D eigenvalue weighted by molar-refractivity contribution is 5.80. The Hall–Kier alpha value is -2.38. The van der Waals surface area contributed by atoms with E-state index in [0.29, 0.717) is 5.92 Å². The predicted octanol–water partition coefficient (Wildman–Crippen LogP) is 1.03. The molecule has 0 aliphatic carbocycles. The van der Waals surface area contributed by atoms with Crippen molar-refractivity contribution in [1.82, 2.24) is 34.8 Å². The summed E-state index contributed by atoms with van der Waals surface area (Å²) in [6.45, 7) is 8.63. The van der Waals surface area contributed by atoms with Crippen LogP contribution in [0.1, 0.15) is 37.6 Å². The normalized spacial score (nSPS) is 18.1. The molecular weight excluding hydrogens is 316 g/mol. The number of hydrogen-bond acceptors (Lipinski definition) is 4. The van der Waals surface area contributed by atoms with E-state index in [1.54, 1.807) is 6.33 Å². The molecule has 1 unspecified atom stereocenters. The summed E-state index contributed by atoms with van der Waals surface area (Å²) in [4.78, 5) is 7.17. The maximum atomic E-state index is 4.81. The molecule has 0 radical (unpaired) electrons. The van der Waals surface area contributed by atoms with Gasteiger partial charge in [0.1, 0.15) is 12.2 Å². The van der Waals surface area contributed by atoms with Gasteiger partial charge in [0.15, 0.2) is 5.96 Å². The van der Waals surface area contributed by atoms with Crippen LogP contribution in [0.25, 0.3) is 0 Å². The van der Waals surface area contributed by atoms with Crippen molar-refractivity contribution in [2.45, 2.75) is 39.2 Å². The lowest BCUT2D eigenvalue weighted by atomic mass is 10.0. The zero-order chi connectivity index (χ0) is 17.6. The van der Waals surface area contributed by atoms with Crippen molar-refractivity contribution in [3.05, 3.63) is 30.1 Å². The average Bonchev–Trinajstić information content (AvgIpc) is 3.34. The van der Waals surface area contributed by atoms with Crippen LogP contribution in [0.5, 0.6) is 0 Å². The third-order valence-corrected chi connectivity index (χ3v) is 4.63. The molecule has 25 heavy (non-hydrogen) atoms. The van der Waals surface area contributed by atoms with Crippen LogP contribution < -0.4 is 5.32 Å². The van der Waals surface area contributed by atoms with Gasteiger partial charge in [-0.15, -0.1) is 10.2 Å². The maximum absolute atomic E-state index is 4.81. The second-order valence-corrected chi connectivity index (χ2v) is 6.41. The summed E-state index contributed by atoms with van der Waals surface area (Å²) >= 11 is 0. The average molecular weight is 344 g/mol. The van der Waals surface area contributed by atoms with Crippen molar-refractivity contribution in [3.63, 3.8) is 0 Å². The Kier molecular flexibility index (Phi) is 5.67. The number of aliphatic imine (C=N–C) groups is 1. The van der Waals surface area contributed by atoms with Gasteiger partial charge < -0.3 is 14.8 Å². The van der Waals surface area contributed by atoms with Crippen LogP contribution >= 0.6 is 0 Å². The monoisotopic (exact) mass is 344 g/mol. The van der Waals surface area contributed by atoms with Gasteiger partial charge in [0, 0.05) is 51.8 Å². The largest absolute Gasteiger partial charge is 0.357 e. The van der Waals surface area contributed by atoms with Gasteiger partial charge in [-0.3, -0.25) is 9.67 Å². The molecule has 2 aromatic heterocycles. The van der Waals surface area contributed by atoms with Gasteiger partial charge in [0.2, 0.25) is 0 Å². The molecule has 0 saturated carbocycles. The Morgan fingerprint density at radius 1 is 1.40 bits per heavy atom. The van der Waals surface area contributed by atoms with Gasteiger partial charge in [-0.2, -0.15) is 5.10 Å². The van der Waals surface area contributed by atoms with Crippen LogP contribution in [0.15, 0.2) is 23.7 Å². The first kappa shape index (κ1) is 17.4. The summed E-state index contributed by atoms with van der Waals surface area (Å²) in [7, 11) is 1.97. The Morgan fingerprint density at radius 3 is 3.00 bits per heavy atom. The summed E-state index contributed by atoms with van der Waals surface area (Å²) in [6.07, 6.45) is 7.92. The molecule has 8 nitrogen and oxygen atoms in total. The van der Waals surface area contributed by atoms with Crippen LogP contribution in [-0.2, 0) is 20.0 Å². The Labute approximate surface area is 149 Å². The molecule has 1 saturated heterocycles. The molecule has 1 aliphatic rings. The van der Waals surface area contributed by atoms with Gasteiger partial charge >= 0.3 is 0 Å². The number of aromatic nitrogens is 5. The minimum Gasteiger partial charge on any atom is -0.357 e. The molecule has 0 aromatic carbocycles. The lowest BCUT2D eigenvalue weighted by molar-refractivity contribution is 0.484. The van der Waals surface area contributed by atoms with E-state index in [2.05, 4.69) is 50.1 Å². The van der Waals surface area contributed by atoms with Crippen molar-refractivity contribution in [3.8, 4) is 0 Å². The van der Waals surface area contributed by atoms with Crippen LogP contribution in [-0.4, -0.2) is 61.6 Å². The first-order chi connectivity index (χ1) is 12.2. The second-order valence-electron chi connectivity index (χ2n) is 6.41. The van der Waals surface area contributed by atoms with E-state index < -0.39 is 0 Å². The summed E-state index contributed by atoms with van der Waals surface area (Å²) in [5.41, 5.74) is 1.32. The van der Waals surface area contributed by atoms with Crippen LogP contribution in [0.4, 0.5) is 0 Å². The number of aryl methyl sites for hydroxylation is 2. The lowest BCUT2D eigenvalue weighted by Gasteiger charge is -2.21. The van der Waals surface area contributed by atoms with Crippen LogP contribution in [0.3, 0.4) is 0 Å². The first-order valence-electron chi connectivity index (χ1n) is 9.09. The molecule has 1 atom stereocenters. The molecule has 0 spiro atoms. The van der Waals surface area contributed by atoms with Gasteiger partial charge in [0.25, 0.3) is 0 Å². The molecule has 2 aromatic rings. The van der Waals surface area contributed by atoms with Crippen molar-refractivity contribution < 1.29 is 0 Å². The molecule has 0 bridgehead atoms. The minimum atomic E-state index is 0.530. The Morgan fingerprint density at radius 2 is 2.28 bits per heavy atom. The smallest absolute Gasteiger partial charge is 0.193 e. The van der Waals surface area contributed by atoms with E-state index in [4.69, 9.17) is 4.99 Å². The van der Waals surface area contributed by atoms with E-state index in [1.165, 1.54) is 5.56 Å². The minimum absolute atomic E-state index is 0.530. The molecule has 8 heteroatoms. The molecule has 1 aliphatic heterocycles. The lowest BCUT2D eigenvalue weighted by Crippen LogP contribution is -2.40. The molecule has 1 fully saturated rings. The number of guanidine groups is 1. The quantitative estimate of drug-likeness (QED) is 0.626. The molecular formula is C17H28N8. The fourth-order valence-corrected chi connectivity index (χ4v) is 3.30. The molecule has 1 N–H and O–H groups in total. The molecule has 0 amide bonds. The molecule has 3 rings (SSSR count). The van der Waals surface area contributed by atoms with E-state index in [0.717, 1.165) is 57.3 Å². The second kappa shape index (κ2) is 8.13. The third kappa shape index (κ3) is 4.18. The summed E-state index contributed by atoms with van der Waals surface area (Å²) in [5.74, 6) is 2.54. The topological polar surface area (TPSA) is 76.2 Å². The van der Waals surface area contributed by atoms with Gasteiger partial charge in [0.05, 0.1) is 12.7 Å². The third-order valence-electron chi connectivity index (χ3n) is 4.63. The highest BCUT2D eigenvalue weighted by Gasteiger charge is 2.26. The molecule has 136 valence electrons. The highest BCUT2D eigenvalue weighted by atomic mass is 15.3. The van der Waals surface area contributed by atoms with E-state index in [1.807, 2.05) is 17.9 Å². The standard InChI is InChI=1S/C17H28N8/c1-4-16-22-20-13-25(16)9-7-19-17(18-5-2)24-8-6-14(12-24)15-10-21-23(3)11-15/h10-11,13-14H,4-9,12H2,1-3H3,(H,18,19). The van der Waals surface area contributed by atoms with E-state index in [-0.39, 0.29) is 0 Å². The van der Waals surface area contributed by atoms with E-state index >= 15 is 0 Å². The van der Waals surface area contributed by atoms with Crippen molar-refractivity contribution in [1.29, 1.82) is 0 Å². The number of nitrogens with one attached hydrogen (secondary N) is 1. The van der Waals surface area contributed by atoms with E-state index in [9.17, 15) is 0 Å². The summed E-state index contributed by atoms with van der Waals surface area (Å²) in [5, 5.41) is 15.8. The zero-order valence-electron chi connectivity index (χ0n) is 15.4. The zero-order valence-corrected chi connectivity index (χ0v) is 15.4.